The van der Waals surface area contributed by atoms with Gasteiger partial charge in [-0.25, -0.2) is 9.67 Å². The first kappa shape index (κ1) is 15.6. The van der Waals surface area contributed by atoms with Crippen molar-refractivity contribution in [3.05, 3.63) is 59.5 Å². The molecular formula is C16H16N6O2. The summed E-state index contributed by atoms with van der Waals surface area (Å²) in [4.78, 5) is 16.5. The van der Waals surface area contributed by atoms with Crippen LogP contribution in [0, 0.1) is 6.92 Å². The normalized spacial score (nSPS) is 10.4. The van der Waals surface area contributed by atoms with E-state index in [-0.39, 0.29) is 5.91 Å². The van der Waals surface area contributed by atoms with Crippen molar-refractivity contribution in [1.82, 2.24) is 30.5 Å². The van der Waals surface area contributed by atoms with Crippen LogP contribution in [-0.4, -0.2) is 38.2 Å². The molecule has 3 rings (SSSR count). The van der Waals surface area contributed by atoms with Crippen LogP contribution in [0.2, 0.25) is 0 Å². The van der Waals surface area contributed by atoms with Crippen molar-refractivity contribution in [3.8, 4) is 11.6 Å². The Bertz CT molecular complexity index is 848. The molecule has 122 valence electrons. The summed E-state index contributed by atoms with van der Waals surface area (Å²) in [5.74, 6) is 0.329. The quantitative estimate of drug-likeness (QED) is 0.760. The van der Waals surface area contributed by atoms with E-state index in [1.807, 2.05) is 19.1 Å². The van der Waals surface area contributed by atoms with Gasteiger partial charge >= 0.3 is 0 Å². The molecule has 8 nitrogen and oxygen atoms in total. The number of hydrogen-bond donors (Lipinski definition) is 1. The first-order valence-electron chi connectivity index (χ1n) is 7.29. The highest BCUT2D eigenvalue weighted by molar-refractivity contribution is 5.94. The van der Waals surface area contributed by atoms with E-state index < -0.39 is 0 Å². The maximum Gasteiger partial charge on any atom is 0.251 e. The van der Waals surface area contributed by atoms with Gasteiger partial charge < -0.3 is 10.1 Å². The third kappa shape index (κ3) is 3.22. The zero-order chi connectivity index (χ0) is 16.9. The monoisotopic (exact) mass is 324 g/mol. The van der Waals surface area contributed by atoms with Crippen LogP contribution >= 0.6 is 0 Å². The Balaban J connectivity index is 1.72. The number of pyridine rings is 1. The van der Waals surface area contributed by atoms with Crippen molar-refractivity contribution in [2.45, 2.75) is 13.5 Å². The summed E-state index contributed by atoms with van der Waals surface area (Å²) >= 11 is 0. The van der Waals surface area contributed by atoms with Crippen molar-refractivity contribution in [2.75, 3.05) is 7.11 Å². The lowest BCUT2D eigenvalue weighted by Crippen LogP contribution is -2.23. The predicted octanol–water partition coefficient (Wildman–Crippen LogP) is 1.30. The Labute approximate surface area is 138 Å². The first-order chi connectivity index (χ1) is 11.7. The Morgan fingerprint density at radius 1 is 1.33 bits per heavy atom. The highest BCUT2D eigenvalue weighted by atomic mass is 16.5. The number of ether oxygens (including phenoxy) is 1. The zero-order valence-corrected chi connectivity index (χ0v) is 13.3. The van der Waals surface area contributed by atoms with Crippen molar-refractivity contribution >= 4 is 5.91 Å². The fourth-order valence-electron chi connectivity index (χ4n) is 2.35. The summed E-state index contributed by atoms with van der Waals surface area (Å²) < 4.78 is 6.73. The van der Waals surface area contributed by atoms with Gasteiger partial charge in [-0.2, -0.15) is 0 Å². The van der Waals surface area contributed by atoms with E-state index in [4.69, 9.17) is 4.74 Å². The molecule has 8 heteroatoms. The molecule has 0 unspecified atom stereocenters. The third-order valence-corrected chi connectivity index (χ3v) is 3.54. The van der Waals surface area contributed by atoms with E-state index >= 15 is 0 Å². The molecule has 0 bridgehead atoms. The number of aromatic nitrogens is 5. The van der Waals surface area contributed by atoms with Crippen LogP contribution in [0.5, 0.6) is 5.88 Å². The first-order valence-corrected chi connectivity index (χ1v) is 7.29. The van der Waals surface area contributed by atoms with Crippen LogP contribution in [-0.2, 0) is 6.54 Å². The van der Waals surface area contributed by atoms with E-state index in [1.54, 1.807) is 36.2 Å². The molecule has 0 saturated heterocycles. The predicted molar refractivity (Wildman–Crippen MR) is 85.9 cm³/mol. The summed E-state index contributed by atoms with van der Waals surface area (Å²) in [5, 5.41) is 13.9. The Kier molecular flexibility index (Phi) is 4.46. The number of hydrogen-bond acceptors (Lipinski definition) is 6. The van der Waals surface area contributed by atoms with Gasteiger partial charge in [0.25, 0.3) is 5.91 Å². The molecule has 0 aliphatic rings. The maximum absolute atomic E-state index is 12.3. The molecule has 0 aliphatic heterocycles. The van der Waals surface area contributed by atoms with E-state index in [0.29, 0.717) is 18.0 Å². The Morgan fingerprint density at radius 3 is 2.92 bits per heavy atom. The second kappa shape index (κ2) is 6.86. The average molecular weight is 324 g/mol. The van der Waals surface area contributed by atoms with E-state index in [9.17, 15) is 4.79 Å². The molecular weight excluding hydrogens is 308 g/mol. The summed E-state index contributed by atoms with van der Waals surface area (Å²) in [5.41, 5.74) is 3.10. The molecule has 0 aliphatic carbocycles. The summed E-state index contributed by atoms with van der Waals surface area (Å²) in [6, 6.07) is 9.01. The summed E-state index contributed by atoms with van der Waals surface area (Å²) in [7, 11) is 1.55. The lowest BCUT2D eigenvalue weighted by molar-refractivity contribution is 0.0950. The molecule has 1 aromatic carbocycles. The van der Waals surface area contributed by atoms with E-state index in [2.05, 4.69) is 25.8 Å². The fraction of sp³-hybridized carbons (Fsp3) is 0.188. The third-order valence-electron chi connectivity index (χ3n) is 3.54. The van der Waals surface area contributed by atoms with Crippen molar-refractivity contribution in [3.63, 3.8) is 0 Å². The van der Waals surface area contributed by atoms with Crippen LogP contribution in [0.3, 0.4) is 0 Å². The maximum atomic E-state index is 12.3. The summed E-state index contributed by atoms with van der Waals surface area (Å²) in [6.45, 7) is 2.24. The molecule has 2 aromatic heterocycles. The summed E-state index contributed by atoms with van der Waals surface area (Å²) in [6.07, 6.45) is 3.15. The van der Waals surface area contributed by atoms with Crippen LogP contribution in [0.1, 0.15) is 21.5 Å². The minimum absolute atomic E-state index is 0.174. The highest BCUT2D eigenvalue weighted by Gasteiger charge is 2.11. The highest BCUT2D eigenvalue weighted by Crippen LogP contribution is 2.16. The molecule has 2 heterocycles. The number of tetrazole rings is 1. The zero-order valence-electron chi connectivity index (χ0n) is 13.3. The fourth-order valence-corrected chi connectivity index (χ4v) is 2.35. The van der Waals surface area contributed by atoms with Crippen molar-refractivity contribution in [2.24, 2.45) is 0 Å². The van der Waals surface area contributed by atoms with Crippen LogP contribution in [0.4, 0.5) is 0 Å². The van der Waals surface area contributed by atoms with Crippen LogP contribution in [0.15, 0.2) is 42.9 Å². The number of carbonyl (C=O) groups is 1. The molecule has 0 spiro atoms. The Hall–Kier alpha value is -3.29. The van der Waals surface area contributed by atoms with Crippen molar-refractivity contribution in [1.29, 1.82) is 0 Å². The lowest BCUT2D eigenvalue weighted by atomic mass is 10.1. The second-order valence-corrected chi connectivity index (χ2v) is 5.11. The lowest BCUT2D eigenvalue weighted by Gasteiger charge is -2.10. The minimum atomic E-state index is -0.174. The van der Waals surface area contributed by atoms with Gasteiger partial charge in [0, 0.05) is 23.9 Å². The standard InChI is InChI=1S/C16H16N6O2/c1-11-8-12(5-6-14(11)22-10-19-20-21-22)15(23)18-9-13-4-3-7-17-16(13)24-2/h3-8,10H,9H2,1-2H3,(H,18,23). The molecule has 24 heavy (non-hydrogen) atoms. The van der Waals surface area contributed by atoms with Gasteiger partial charge in [0.05, 0.1) is 12.8 Å². The minimum Gasteiger partial charge on any atom is -0.481 e. The SMILES string of the molecule is COc1ncccc1CNC(=O)c1ccc(-n2cnnn2)c(C)c1. The number of carbonyl (C=O) groups excluding carboxylic acids is 1. The van der Waals surface area contributed by atoms with Crippen LogP contribution in [0.25, 0.3) is 5.69 Å². The number of amides is 1. The topological polar surface area (TPSA) is 94.8 Å². The Morgan fingerprint density at radius 2 is 2.21 bits per heavy atom. The number of aryl methyl sites for hydroxylation is 1. The van der Waals surface area contributed by atoms with Gasteiger partial charge in [0.2, 0.25) is 5.88 Å². The van der Waals surface area contributed by atoms with Gasteiger partial charge in [-0.05, 0) is 47.2 Å². The second-order valence-electron chi connectivity index (χ2n) is 5.11. The number of nitrogens with zero attached hydrogens (tertiary/aromatic N) is 5. The largest absolute Gasteiger partial charge is 0.481 e. The van der Waals surface area contributed by atoms with Crippen LogP contribution < -0.4 is 10.1 Å². The van der Waals surface area contributed by atoms with Gasteiger partial charge in [0.1, 0.15) is 6.33 Å². The number of rotatable bonds is 5. The van der Waals surface area contributed by atoms with E-state index in [0.717, 1.165) is 16.8 Å². The molecule has 1 amide bonds. The molecule has 3 aromatic rings. The molecule has 0 saturated carbocycles. The smallest absolute Gasteiger partial charge is 0.251 e. The number of nitrogens with one attached hydrogen (secondary N) is 1. The molecule has 0 fully saturated rings. The van der Waals surface area contributed by atoms with Crippen molar-refractivity contribution < 1.29 is 9.53 Å². The van der Waals surface area contributed by atoms with Gasteiger partial charge in [0.15, 0.2) is 0 Å². The number of benzene rings is 1. The van der Waals surface area contributed by atoms with Gasteiger partial charge in [-0.15, -0.1) is 5.10 Å². The average Bonchev–Trinajstić information content (AvgIpc) is 3.14. The van der Waals surface area contributed by atoms with Gasteiger partial charge in [-0.1, -0.05) is 6.07 Å². The molecule has 0 atom stereocenters. The number of methoxy groups -OCH3 is 1. The van der Waals surface area contributed by atoms with Gasteiger partial charge in [-0.3, -0.25) is 4.79 Å². The molecule has 0 radical (unpaired) electrons. The molecule has 1 N–H and O–H groups in total. The van der Waals surface area contributed by atoms with E-state index in [1.165, 1.54) is 6.33 Å².